The summed E-state index contributed by atoms with van der Waals surface area (Å²) in [7, 11) is 0. The molecule has 3 aromatic rings. The number of aromatic amines is 1. The van der Waals surface area contributed by atoms with Gasteiger partial charge in [0.15, 0.2) is 0 Å². The van der Waals surface area contributed by atoms with Gasteiger partial charge in [-0.2, -0.15) is 0 Å². The van der Waals surface area contributed by atoms with Crippen molar-refractivity contribution >= 4 is 17.7 Å². The number of amides is 2. The molecule has 4 rings (SSSR count). The maximum Gasteiger partial charge on any atom is 0.414 e. The van der Waals surface area contributed by atoms with E-state index in [-0.39, 0.29) is 19.0 Å². The van der Waals surface area contributed by atoms with Crippen molar-refractivity contribution in [2.75, 3.05) is 18.0 Å². The van der Waals surface area contributed by atoms with E-state index in [2.05, 4.69) is 27.5 Å². The second-order valence-electron chi connectivity index (χ2n) is 8.23. The molecule has 1 atom stereocenters. The molecule has 9 heteroatoms. The van der Waals surface area contributed by atoms with E-state index < -0.39 is 18.0 Å². The topological polar surface area (TPSA) is 99.3 Å². The summed E-state index contributed by atoms with van der Waals surface area (Å²) in [5, 5.41) is 5.99. The highest BCUT2D eigenvalue weighted by Crippen LogP contribution is 2.29. The van der Waals surface area contributed by atoms with Gasteiger partial charge in [0, 0.05) is 43.9 Å². The fourth-order valence-electron chi connectivity index (χ4n) is 3.82. The highest BCUT2D eigenvalue weighted by Gasteiger charge is 2.32. The Morgan fingerprint density at radius 1 is 1.24 bits per heavy atom. The third-order valence-corrected chi connectivity index (χ3v) is 5.64. The van der Waals surface area contributed by atoms with Crippen LogP contribution in [0.4, 0.5) is 14.9 Å². The Balaban J connectivity index is 1.36. The summed E-state index contributed by atoms with van der Waals surface area (Å²) in [5.74, 6) is 0.350. The average molecular weight is 466 g/mol. The van der Waals surface area contributed by atoms with E-state index in [1.54, 1.807) is 12.1 Å². The minimum atomic E-state index is -0.555. The number of aryl methyl sites for hydroxylation is 1. The molecule has 0 aliphatic carbocycles. The number of carbonyl (C=O) groups excluding carboxylic acids is 2. The van der Waals surface area contributed by atoms with Crippen LogP contribution in [0.2, 0.25) is 0 Å². The summed E-state index contributed by atoms with van der Waals surface area (Å²) in [6.07, 6.45) is 1.69. The van der Waals surface area contributed by atoms with Crippen molar-refractivity contribution in [2.45, 2.75) is 39.5 Å². The van der Waals surface area contributed by atoms with Gasteiger partial charge in [-0.3, -0.25) is 9.69 Å². The van der Waals surface area contributed by atoms with Crippen LogP contribution in [0.3, 0.4) is 0 Å². The average Bonchev–Trinajstić information content (AvgIpc) is 3.44. The molecule has 1 saturated heterocycles. The molecule has 0 bridgehead atoms. The van der Waals surface area contributed by atoms with Gasteiger partial charge in [-0.25, -0.2) is 14.2 Å². The molecule has 34 heavy (non-hydrogen) atoms. The number of nitrogens with zero attached hydrogens (tertiary/aromatic N) is 2. The number of hydrogen-bond donors (Lipinski definition) is 3. The summed E-state index contributed by atoms with van der Waals surface area (Å²) < 4.78 is 20.2. The van der Waals surface area contributed by atoms with E-state index >= 15 is 0 Å². The number of hydrogen-bond acceptors (Lipinski definition) is 5. The fraction of sp³-hybridized carbons (Fsp3) is 0.320. The van der Waals surface area contributed by atoms with Crippen LogP contribution in [0.1, 0.15) is 30.9 Å². The molecule has 1 fully saturated rings. The van der Waals surface area contributed by atoms with Crippen molar-refractivity contribution in [3.05, 3.63) is 71.6 Å². The number of imidazole rings is 1. The van der Waals surface area contributed by atoms with Crippen LogP contribution in [0.5, 0.6) is 0 Å². The zero-order valence-corrected chi connectivity index (χ0v) is 19.2. The molecule has 0 saturated carbocycles. The van der Waals surface area contributed by atoms with Crippen molar-refractivity contribution in [1.29, 1.82) is 0 Å². The molecular formula is C25H28FN5O3. The van der Waals surface area contributed by atoms with Crippen LogP contribution in [0, 0.1) is 5.82 Å². The lowest BCUT2D eigenvalue weighted by Gasteiger charge is -2.15. The number of ether oxygens (including phenoxy) is 1. The predicted molar refractivity (Wildman–Crippen MR) is 127 cm³/mol. The van der Waals surface area contributed by atoms with E-state index in [0.717, 1.165) is 29.1 Å². The standard InChI is InChI=1S/C25H28FN5O3/c1-3-24-29-13-19(30-24)12-27-11-17-4-6-18(7-5-17)22-9-8-20(10-23(22)26)31-15-21(34-25(31)33)14-28-16(2)32/h4-10,13,21,27H,3,11-12,14-15H2,1-2H3,(H,28,32)(H,29,30). The largest absolute Gasteiger partial charge is 0.442 e. The molecule has 1 aliphatic heterocycles. The summed E-state index contributed by atoms with van der Waals surface area (Å²) in [4.78, 5) is 32.2. The van der Waals surface area contributed by atoms with E-state index in [1.165, 1.54) is 17.9 Å². The van der Waals surface area contributed by atoms with E-state index in [9.17, 15) is 14.0 Å². The summed E-state index contributed by atoms with van der Waals surface area (Å²) in [5.41, 5.74) is 3.75. The van der Waals surface area contributed by atoms with Crippen molar-refractivity contribution < 1.29 is 18.7 Å². The Kier molecular flexibility index (Phi) is 7.22. The Bertz CT molecular complexity index is 1160. The van der Waals surface area contributed by atoms with Gasteiger partial charge in [-0.15, -0.1) is 0 Å². The van der Waals surface area contributed by atoms with Gasteiger partial charge in [0.05, 0.1) is 18.8 Å². The first-order valence-electron chi connectivity index (χ1n) is 11.3. The monoisotopic (exact) mass is 465 g/mol. The zero-order chi connectivity index (χ0) is 24.1. The SMILES string of the molecule is CCc1ncc(CNCc2ccc(-c3ccc(N4CC(CNC(C)=O)OC4=O)cc3F)cc2)[nH]1. The predicted octanol–water partition coefficient (Wildman–Crippen LogP) is 3.53. The summed E-state index contributed by atoms with van der Waals surface area (Å²) in [6, 6.07) is 12.4. The minimum Gasteiger partial charge on any atom is -0.442 e. The highest BCUT2D eigenvalue weighted by atomic mass is 19.1. The lowest BCUT2D eigenvalue weighted by atomic mass is 10.0. The van der Waals surface area contributed by atoms with Gasteiger partial charge < -0.3 is 20.4 Å². The zero-order valence-electron chi connectivity index (χ0n) is 19.2. The molecule has 3 N–H and O–H groups in total. The summed E-state index contributed by atoms with van der Waals surface area (Å²) >= 11 is 0. The number of carbonyl (C=O) groups is 2. The second kappa shape index (κ2) is 10.5. The van der Waals surface area contributed by atoms with Crippen LogP contribution < -0.4 is 15.5 Å². The van der Waals surface area contributed by atoms with Gasteiger partial charge in [0.25, 0.3) is 0 Å². The number of benzene rings is 2. The van der Waals surface area contributed by atoms with Gasteiger partial charge in [-0.05, 0) is 29.3 Å². The highest BCUT2D eigenvalue weighted by molar-refractivity contribution is 5.90. The van der Waals surface area contributed by atoms with Crippen molar-refractivity contribution in [2.24, 2.45) is 0 Å². The Hall–Kier alpha value is -3.72. The van der Waals surface area contributed by atoms with Crippen molar-refractivity contribution in [1.82, 2.24) is 20.6 Å². The lowest BCUT2D eigenvalue weighted by molar-refractivity contribution is -0.119. The van der Waals surface area contributed by atoms with Gasteiger partial charge in [0.1, 0.15) is 17.7 Å². The van der Waals surface area contributed by atoms with Crippen LogP contribution >= 0.6 is 0 Å². The van der Waals surface area contributed by atoms with Gasteiger partial charge in [0.2, 0.25) is 5.91 Å². The molecule has 1 unspecified atom stereocenters. The number of anilines is 1. The molecule has 0 radical (unpaired) electrons. The maximum atomic E-state index is 14.9. The van der Waals surface area contributed by atoms with Crippen molar-refractivity contribution in [3.8, 4) is 11.1 Å². The van der Waals surface area contributed by atoms with Crippen LogP contribution in [-0.2, 0) is 29.0 Å². The Labute approximate surface area is 197 Å². The quantitative estimate of drug-likeness (QED) is 0.449. The molecule has 2 amide bonds. The molecule has 8 nitrogen and oxygen atoms in total. The number of aromatic nitrogens is 2. The van der Waals surface area contributed by atoms with Crippen molar-refractivity contribution in [3.63, 3.8) is 0 Å². The normalized spacial score (nSPS) is 15.4. The molecular weight excluding hydrogens is 437 g/mol. The molecule has 0 spiro atoms. The molecule has 2 heterocycles. The molecule has 1 aliphatic rings. The fourth-order valence-corrected chi connectivity index (χ4v) is 3.82. The first-order valence-corrected chi connectivity index (χ1v) is 11.3. The Morgan fingerprint density at radius 2 is 2.03 bits per heavy atom. The van der Waals surface area contributed by atoms with Gasteiger partial charge >= 0.3 is 6.09 Å². The van der Waals surface area contributed by atoms with Crippen LogP contribution in [-0.4, -0.2) is 41.2 Å². The van der Waals surface area contributed by atoms with Crippen LogP contribution in [0.15, 0.2) is 48.7 Å². The third kappa shape index (κ3) is 5.60. The summed E-state index contributed by atoms with van der Waals surface area (Å²) in [6.45, 7) is 5.29. The van der Waals surface area contributed by atoms with E-state index in [4.69, 9.17) is 4.74 Å². The second-order valence-corrected chi connectivity index (χ2v) is 8.23. The van der Waals surface area contributed by atoms with E-state index in [0.29, 0.717) is 24.3 Å². The first-order chi connectivity index (χ1) is 16.4. The third-order valence-electron chi connectivity index (χ3n) is 5.64. The lowest BCUT2D eigenvalue weighted by Crippen LogP contribution is -2.33. The number of nitrogens with one attached hydrogen (secondary N) is 3. The van der Waals surface area contributed by atoms with Crippen LogP contribution in [0.25, 0.3) is 11.1 Å². The smallest absolute Gasteiger partial charge is 0.414 e. The Morgan fingerprint density at radius 3 is 2.71 bits per heavy atom. The van der Waals surface area contributed by atoms with Gasteiger partial charge in [-0.1, -0.05) is 31.2 Å². The van der Waals surface area contributed by atoms with E-state index in [1.807, 2.05) is 30.5 Å². The number of halogens is 1. The number of rotatable bonds is 9. The first kappa shape index (κ1) is 23.4. The molecule has 1 aromatic heterocycles. The number of cyclic esters (lactones) is 1. The molecule has 178 valence electrons. The molecule has 2 aromatic carbocycles. The maximum absolute atomic E-state index is 14.9. The minimum absolute atomic E-state index is 0.199. The number of H-pyrrole nitrogens is 1.